The summed E-state index contributed by atoms with van der Waals surface area (Å²) in [6.45, 7) is 8.25. The van der Waals surface area contributed by atoms with Crippen molar-refractivity contribution in [3.8, 4) is 5.75 Å². The lowest BCUT2D eigenvalue weighted by Crippen LogP contribution is -2.23. The predicted octanol–water partition coefficient (Wildman–Crippen LogP) is 2.85. The first-order chi connectivity index (χ1) is 10.4. The average molecular weight is 283 g/mol. The number of hydrogen-bond donors (Lipinski definition) is 0. The van der Waals surface area contributed by atoms with Gasteiger partial charge in [0.2, 0.25) is 0 Å². The van der Waals surface area contributed by atoms with Gasteiger partial charge in [0.1, 0.15) is 12.4 Å². The van der Waals surface area contributed by atoms with Crippen LogP contribution in [-0.4, -0.2) is 27.6 Å². The van der Waals surface area contributed by atoms with Gasteiger partial charge in [0.05, 0.1) is 12.0 Å². The van der Waals surface area contributed by atoms with Crippen LogP contribution in [-0.2, 0) is 19.6 Å². The highest BCUT2D eigenvalue weighted by molar-refractivity contribution is 5.33. The summed E-state index contributed by atoms with van der Waals surface area (Å²) >= 11 is 0. The monoisotopic (exact) mass is 283 g/mol. The van der Waals surface area contributed by atoms with Crippen LogP contribution < -0.4 is 4.74 Å². The summed E-state index contributed by atoms with van der Waals surface area (Å²) in [5.41, 5.74) is 2.52. The summed E-state index contributed by atoms with van der Waals surface area (Å²) in [5.74, 6) is 0.954. The van der Waals surface area contributed by atoms with Gasteiger partial charge in [-0.1, -0.05) is 30.9 Å². The zero-order chi connectivity index (χ0) is 14.5. The quantitative estimate of drug-likeness (QED) is 0.790. The third-order valence-corrected chi connectivity index (χ3v) is 3.78. The van der Waals surface area contributed by atoms with E-state index in [2.05, 4.69) is 33.2 Å². The molecule has 0 spiro atoms. The van der Waals surface area contributed by atoms with Crippen LogP contribution in [0.5, 0.6) is 5.75 Å². The van der Waals surface area contributed by atoms with Crippen LogP contribution >= 0.6 is 0 Å². The number of fused-ring (bicyclic) bond motifs is 1. The first-order valence-corrected chi connectivity index (χ1v) is 7.40. The maximum Gasteiger partial charge on any atom is 0.124 e. The Hall–Kier alpha value is -2.07. The third-order valence-electron chi connectivity index (χ3n) is 3.78. The van der Waals surface area contributed by atoms with E-state index in [4.69, 9.17) is 4.74 Å². The molecular weight excluding hydrogens is 262 g/mol. The Morgan fingerprint density at radius 1 is 1.29 bits per heavy atom. The van der Waals surface area contributed by atoms with Gasteiger partial charge >= 0.3 is 0 Å². The minimum Gasteiger partial charge on any atom is -0.489 e. The molecule has 1 aromatic heterocycles. The van der Waals surface area contributed by atoms with Crippen LogP contribution in [0.1, 0.15) is 17.7 Å². The van der Waals surface area contributed by atoms with Crippen LogP contribution in [0.3, 0.4) is 0 Å². The minimum atomic E-state index is 0.545. The molecule has 0 atom stereocenters. The number of rotatable bonds is 5. The molecule has 4 heteroatoms. The highest BCUT2D eigenvalue weighted by Crippen LogP contribution is 2.22. The van der Waals surface area contributed by atoms with Crippen molar-refractivity contribution in [3.63, 3.8) is 0 Å². The molecule has 0 saturated heterocycles. The first-order valence-electron chi connectivity index (χ1n) is 7.40. The minimum absolute atomic E-state index is 0.545. The van der Waals surface area contributed by atoms with Crippen molar-refractivity contribution in [3.05, 3.63) is 60.7 Å². The Labute approximate surface area is 125 Å². The average Bonchev–Trinajstić information content (AvgIpc) is 2.85. The van der Waals surface area contributed by atoms with Gasteiger partial charge in [0, 0.05) is 37.9 Å². The zero-order valence-corrected chi connectivity index (χ0v) is 12.2. The topological polar surface area (TPSA) is 30.3 Å². The number of imidazole rings is 1. The number of benzene rings is 1. The van der Waals surface area contributed by atoms with Crippen LogP contribution in [0.2, 0.25) is 0 Å². The highest BCUT2D eigenvalue weighted by Gasteiger charge is 2.15. The van der Waals surface area contributed by atoms with E-state index in [1.54, 1.807) is 6.08 Å². The van der Waals surface area contributed by atoms with Crippen molar-refractivity contribution in [2.45, 2.75) is 26.1 Å². The van der Waals surface area contributed by atoms with E-state index in [9.17, 15) is 0 Å². The molecule has 1 aliphatic heterocycles. The van der Waals surface area contributed by atoms with E-state index in [0.717, 1.165) is 38.3 Å². The second-order valence-corrected chi connectivity index (χ2v) is 5.35. The lowest BCUT2D eigenvalue weighted by molar-refractivity contribution is 0.254. The van der Waals surface area contributed by atoms with Gasteiger partial charge < -0.3 is 9.30 Å². The molecule has 0 saturated carbocycles. The summed E-state index contributed by atoms with van der Waals surface area (Å²) in [6, 6.07) is 8.25. The molecular formula is C17H21N3O. The molecule has 3 rings (SSSR count). The standard InChI is InChI=1S/C17H21N3O/c1-2-10-21-17-7-4-3-6-15(17)12-19-8-5-9-20-14-18-11-16(20)13-19/h2-4,6-7,11,14H,1,5,8-10,12-13H2. The van der Waals surface area contributed by atoms with Crippen LogP contribution in [0, 0.1) is 0 Å². The molecule has 110 valence electrons. The SMILES string of the molecule is C=CCOc1ccccc1CN1CCCn2cncc2C1. The summed E-state index contributed by atoms with van der Waals surface area (Å²) in [4.78, 5) is 6.70. The lowest BCUT2D eigenvalue weighted by atomic mass is 10.2. The fraction of sp³-hybridized carbons (Fsp3) is 0.353. The maximum atomic E-state index is 5.75. The molecule has 2 aromatic rings. The molecule has 0 bridgehead atoms. The molecule has 4 nitrogen and oxygen atoms in total. The summed E-state index contributed by atoms with van der Waals surface area (Å²) in [6.07, 6.45) is 6.83. The molecule has 0 N–H and O–H groups in total. The molecule has 0 amide bonds. The molecule has 0 unspecified atom stereocenters. The van der Waals surface area contributed by atoms with E-state index in [1.165, 1.54) is 11.3 Å². The van der Waals surface area contributed by atoms with Crippen LogP contribution in [0.15, 0.2) is 49.4 Å². The Balaban J connectivity index is 1.73. The molecule has 0 radical (unpaired) electrons. The Morgan fingerprint density at radius 2 is 2.19 bits per heavy atom. The largest absolute Gasteiger partial charge is 0.489 e. The Bertz CT molecular complexity index is 606. The predicted molar refractivity (Wildman–Crippen MR) is 83.1 cm³/mol. The Morgan fingerprint density at radius 3 is 3.10 bits per heavy atom. The second kappa shape index (κ2) is 6.59. The second-order valence-electron chi connectivity index (χ2n) is 5.35. The smallest absolute Gasteiger partial charge is 0.124 e. The van der Waals surface area contributed by atoms with Crippen molar-refractivity contribution in [1.82, 2.24) is 14.5 Å². The Kier molecular flexibility index (Phi) is 4.36. The van der Waals surface area contributed by atoms with E-state index in [-0.39, 0.29) is 0 Å². The van der Waals surface area contributed by atoms with Crippen LogP contribution in [0.4, 0.5) is 0 Å². The molecule has 1 aliphatic rings. The number of para-hydroxylation sites is 1. The van der Waals surface area contributed by atoms with E-state index in [1.807, 2.05) is 24.7 Å². The molecule has 21 heavy (non-hydrogen) atoms. The van der Waals surface area contributed by atoms with Gasteiger partial charge in [0.15, 0.2) is 0 Å². The number of aryl methyl sites for hydroxylation is 1. The van der Waals surface area contributed by atoms with Gasteiger partial charge in [0.25, 0.3) is 0 Å². The lowest BCUT2D eigenvalue weighted by Gasteiger charge is -2.21. The fourth-order valence-electron chi connectivity index (χ4n) is 2.75. The van der Waals surface area contributed by atoms with E-state index < -0.39 is 0 Å². The zero-order valence-electron chi connectivity index (χ0n) is 12.2. The van der Waals surface area contributed by atoms with Crippen molar-refractivity contribution in [2.24, 2.45) is 0 Å². The van der Waals surface area contributed by atoms with E-state index >= 15 is 0 Å². The maximum absolute atomic E-state index is 5.75. The molecule has 0 aliphatic carbocycles. The van der Waals surface area contributed by atoms with Gasteiger partial charge in [-0.2, -0.15) is 0 Å². The normalized spacial score (nSPS) is 15.2. The first kappa shape index (κ1) is 13.9. The summed E-state index contributed by atoms with van der Waals surface area (Å²) in [5, 5.41) is 0. The molecule has 0 fully saturated rings. The molecule has 1 aromatic carbocycles. The summed E-state index contributed by atoms with van der Waals surface area (Å²) < 4.78 is 8.00. The molecule has 2 heterocycles. The number of nitrogens with zero attached hydrogens (tertiary/aromatic N) is 3. The summed E-state index contributed by atoms with van der Waals surface area (Å²) in [7, 11) is 0. The third kappa shape index (κ3) is 3.34. The van der Waals surface area contributed by atoms with Crippen molar-refractivity contribution < 1.29 is 4.74 Å². The van der Waals surface area contributed by atoms with Gasteiger partial charge in [-0.15, -0.1) is 0 Å². The number of aromatic nitrogens is 2. The number of hydrogen-bond acceptors (Lipinski definition) is 3. The van der Waals surface area contributed by atoms with Crippen molar-refractivity contribution >= 4 is 0 Å². The van der Waals surface area contributed by atoms with Gasteiger partial charge in [-0.25, -0.2) is 4.98 Å². The van der Waals surface area contributed by atoms with Crippen molar-refractivity contribution in [1.29, 1.82) is 0 Å². The fourth-order valence-corrected chi connectivity index (χ4v) is 2.75. The van der Waals surface area contributed by atoms with Gasteiger partial charge in [-0.3, -0.25) is 4.90 Å². The van der Waals surface area contributed by atoms with E-state index in [0.29, 0.717) is 6.61 Å². The highest BCUT2D eigenvalue weighted by atomic mass is 16.5. The van der Waals surface area contributed by atoms with Gasteiger partial charge in [-0.05, 0) is 12.5 Å². The van der Waals surface area contributed by atoms with Crippen LogP contribution in [0.25, 0.3) is 0 Å². The number of ether oxygens (including phenoxy) is 1. The van der Waals surface area contributed by atoms with Crippen molar-refractivity contribution in [2.75, 3.05) is 13.2 Å².